The molecule has 2 fully saturated rings. The topological polar surface area (TPSA) is 0 Å². The Labute approximate surface area is 61.4 Å². The van der Waals surface area contributed by atoms with Gasteiger partial charge in [-0.25, -0.2) is 0 Å². The summed E-state index contributed by atoms with van der Waals surface area (Å²) in [6.07, 6.45) is 6.04. The zero-order valence-corrected chi connectivity index (χ0v) is 6.84. The Kier molecular flexibility index (Phi) is 1.29. The lowest BCUT2D eigenvalue weighted by molar-refractivity contribution is 0.527. The second kappa shape index (κ2) is 1.91. The Morgan fingerprint density at radius 1 is 1.33 bits per heavy atom. The molecule has 52 valence electrons. The van der Waals surface area contributed by atoms with Crippen LogP contribution in [0.3, 0.4) is 0 Å². The lowest BCUT2D eigenvalue weighted by atomic mass is 10.0. The molecule has 0 bridgehead atoms. The second-order valence-electron chi connectivity index (χ2n) is 3.64. The molecule has 9 heavy (non-hydrogen) atoms. The highest BCUT2D eigenvalue weighted by Crippen LogP contribution is 2.55. The first-order chi connectivity index (χ1) is 4.31. The molecule has 1 saturated heterocycles. The van der Waals surface area contributed by atoms with Crippen molar-refractivity contribution in [3.8, 4) is 0 Å². The number of hydrogen-bond donors (Lipinski definition) is 0. The first-order valence-electron chi connectivity index (χ1n) is 3.95. The number of thioether (sulfide) groups is 1. The van der Waals surface area contributed by atoms with Crippen LogP contribution in [0.15, 0.2) is 0 Å². The average molecular weight is 142 g/mol. The molecule has 0 nitrogen and oxygen atoms in total. The zero-order chi connectivity index (χ0) is 6.32. The van der Waals surface area contributed by atoms with Crippen LogP contribution < -0.4 is 0 Å². The summed E-state index contributed by atoms with van der Waals surface area (Å²) in [5.41, 5.74) is 0. The largest absolute Gasteiger partial charge is 0.155 e. The van der Waals surface area contributed by atoms with Crippen LogP contribution in [0.1, 0.15) is 32.6 Å². The second-order valence-corrected chi connectivity index (χ2v) is 5.13. The first-order valence-corrected chi connectivity index (χ1v) is 4.93. The fourth-order valence-electron chi connectivity index (χ4n) is 1.52. The maximum Gasteiger partial charge on any atom is 0.0161 e. The van der Waals surface area contributed by atoms with Gasteiger partial charge in [0.15, 0.2) is 0 Å². The summed E-state index contributed by atoms with van der Waals surface area (Å²) in [7, 11) is 0. The molecule has 1 heterocycles. The molecule has 2 aliphatic rings. The van der Waals surface area contributed by atoms with E-state index in [-0.39, 0.29) is 0 Å². The summed E-state index contributed by atoms with van der Waals surface area (Å²) >= 11 is 2.24. The molecule has 0 aromatic heterocycles. The average Bonchev–Trinajstić information content (AvgIpc) is 2.60. The highest BCUT2D eigenvalue weighted by Gasteiger charge is 2.44. The maximum absolute atomic E-state index is 2.38. The van der Waals surface area contributed by atoms with E-state index in [2.05, 4.69) is 18.7 Å². The Balaban J connectivity index is 1.91. The van der Waals surface area contributed by atoms with Crippen molar-refractivity contribution in [2.24, 2.45) is 5.92 Å². The highest BCUT2D eigenvalue weighted by molar-refractivity contribution is 8.01. The van der Waals surface area contributed by atoms with Gasteiger partial charge in [0.2, 0.25) is 0 Å². The molecule has 2 rings (SSSR count). The summed E-state index contributed by atoms with van der Waals surface area (Å²) < 4.78 is 0.826. The first kappa shape index (κ1) is 6.09. The van der Waals surface area contributed by atoms with Gasteiger partial charge in [-0.15, -0.1) is 0 Å². The Morgan fingerprint density at radius 2 is 2.11 bits per heavy atom. The van der Waals surface area contributed by atoms with Crippen molar-refractivity contribution in [2.75, 3.05) is 5.75 Å². The lowest BCUT2D eigenvalue weighted by Gasteiger charge is -2.24. The summed E-state index contributed by atoms with van der Waals surface area (Å²) in [5.74, 6) is 2.43. The van der Waals surface area contributed by atoms with Gasteiger partial charge in [0, 0.05) is 4.75 Å². The maximum atomic E-state index is 2.38. The van der Waals surface area contributed by atoms with E-state index in [1.807, 2.05) is 0 Å². The fraction of sp³-hybridized carbons (Fsp3) is 1.00. The molecule has 0 N–H and O–H groups in total. The molecule has 0 aromatic rings. The molecule has 1 saturated carbocycles. The van der Waals surface area contributed by atoms with E-state index in [0.717, 1.165) is 10.7 Å². The third-order valence-corrected chi connectivity index (χ3v) is 4.53. The monoisotopic (exact) mass is 142 g/mol. The predicted molar refractivity (Wildman–Crippen MR) is 42.8 cm³/mol. The van der Waals surface area contributed by atoms with Gasteiger partial charge in [0.25, 0.3) is 0 Å². The predicted octanol–water partition coefficient (Wildman–Crippen LogP) is 2.68. The summed E-state index contributed by atoms with van der Waals surface area (Å²) in [6.45, 7) is 2.38. The van der Waals surface area contributed by atoms with Crippen LogP contribution >= 0.6 is 11.8 Å². The van der Waals surface area contributed by atoms with Gasteiger partial charge in [0.1, 0.15) is 0 Å². The van der Waals surface area contributed by atoms with Gasteiger partial charge in [-0.3, -0.25) is 0 Å². The number of hydrogen-bond acceptors (Lipinski definition) is 1. The minimum Gasteiger partial charge on any atom is -0.155 e. The molecular weight excluding hydrogens is 128 g/mol. The van der Waals surface area contributed by atoms with Gasteiger partial charge in [-0.05, 0) is 37.4 Å². The van der Waals surface area contributed by atoms with Gasteiger partial charge >= 0.3 is 0 Å². The van der Waals surface area contributed by atoms with Gasteiger partial charge in [-0.1, -0.05) is 6.92 Å². The molecule has 1 heteroatoms. The highest BCUT2D eigenvalue weighted by atomic mass is 32.2. The standard InChI is InChI=1S/C8H14S/c1-7-2-3-8(4-5-8)9-6-7/h7H,2-6H2,1H3. The fourth-order valence-corrected chi connectivity index (χ4v) is 2.98. The molecule has 1 unspecified atom stereocenters. The van der Waals surface area contributed by atoms with Crippen molar-refractivity contribution in [1.82, 2.24) is 0 Å². The van der Waals surface area contributed by atoms with Crippen LogP contribution in [0.25, 0.3) is 0 Å². The molecule has 1 atom stereocenters. The van der Waals surface area contributed by atoms with Crippen molar-refractivity contribution >= 4 is 11.8 Å². The van der Waals surface area contributed by atoms with Crippen molar-refractivity contribution in [3.05, 3.63) is 0 Å². The van der Waals surface area contributed by atoms with Crippen molar-refractivity contribution < 1.29 is 0 Å². The molecule has 0 radical (unpaired) electrons. The van der Waals surface area contributed by atoms with E-state index in [9.17, 15) is 0 Å². The van der Waals surface area contributed by atoms with E-state index in [4.69, 9.17) is 0 Å². The van der Waals surface area contributed by atoms with Crippen molar-refractivity contribution in [2.45, 2.75) is 37.4 Å². The Bertz CT molecular complexity index is 106. The lowest BCUT2D eigenvalue weighted by Crippen LogP contribution is -2.15. The van der Waals surface area contributed by atoms with E-state index < -0.39 is 0 Å². The Morgan fingerprint density at radius 3 is 2.56 bits per heavy atom. The molecule has 0 amide bonds. The van der Waals surface area contributed by atoms with Gasteiger partial charge in [0.05, 0.1) is 0 Å². The molecular formula is C8H14S. The van der Waals surface area contributed by atoms with Crippen LogP contribution in [-0.2, 0) is 0 Å². The summed E-state index contributed by atoms with van der Waals surface area (Å²) in [5, 5.41) is 0. The minimum atomic E-state index is 0.826. The quantitative estimate of drug-likeness (QED) is 0.501. The molecule has 1 spiro atoms. The van der Waals surface area contributed by atoms with E-state index in [1.54, 1.807) is 0 Å². The summed E-state index contributed by atoms with van der Waals surface area (Å²) in [4.78, 5) is 0. The van der Waals surface area contributed by atoms with Gasteiger partial charge < -0.3 is 0 Å². The smallest absolute Gasteiger partial charge is 0.0161 e. The van der Waals surface area contributed by atoms with Crippen LogP contribution in [0, 0.1) is 5.92 Å². The zero-order valence-electron chi connectivity index (χ0n) is 6.02. The third kappa shape index (κ3) is 1.12. The van der Waals surface area contributed by atoms with Crippen LogP contribution in [0.4, 0.5) is 0 Å². The van der Waals surface area contributed by atoms with E-state index >= 15 is 0 Å². The van der Waals surface area contributed by atoms with Crippen LogP contribution in [-0.4, -0.2) is 10.5 Å². The molecule has 1 aliphatic carbocycles. The number of rotatable bonds is 0. The van der Waals surface area contributed by atoms with Crippen molar-refractivity contribution in [3.63, 3.8) is 0 Å². The van der Waals surface area contributed by atoms with E-state index in [1.165, 1.54) is 31.4 Å². The van der Waals surface area contributed by atoms with Crippen LogP contribution in [0.5, 0.6) is 0 Å². The third-order valence-electron chi connectivity index (χ3n) is 2.57. The van der Waals surface area contributed by atoms with Crippen LogP contribution in [0.2, 0.25) is 0 Å². The molecule has 1 aliphatic heterocycles. The SMILES string of the molecule is CC1CCC2(CC2)SC1. The van der Waals surface area contributed by atoms with Gasteiger partial charge in [-0.2, -0.15) is 11.8 Å². The van der Waals surface area contributed by atoms with Crippen molar-refractivity contribution in [1.29, 1.82) is 0 Å². The summed E-state index contributed by atoms with van der Waals surface area (Å²) in [6, 6.07) is 0. The minimum absolute atomic E-state index is 0.826. The van der Waals surface area contributed by atoms with E-state index in [0.29, 0.717) is 0 Å². The molecule has 0 aromatic carbocycles. The Hall–Kier alpha value is 0.350. The normalized spacial score (nSPS) is 39.0.